The first-order valence-electron chi connectivity index (χ1n) is 8.54. The molecule has 0 amide bonds. The van der Waals surface area contributed by atoms with Gasteiger partial charge in [0.25, 0.3) is 0 Å². The molecular weight excluding hydrogens is 324 g/mol. The maximum Gasteiger partial charge on any atom is 0.0624 e. The largest absolute Gasteiger partial charge is 0.270 e. The van der Waals surface area contributed by atoms with E-state index < -0.39 is 0 Å². The Morgan fingerprint density at radius 2 is 2.00 bits per heavy atom. The molecule has 2 rings (SSSR count). The fourth-order valence-electron chi connectivity index (χ4n) is 3.62. The van der Waals surface area contributed by atoms with Gasteiger partial charge in [-0.15, -0.1) is 0 Å². The van der Waals surface area contributed by atoms with Crippen molar-refractivity contribution >= 4 is 15.9 Å². The molecule has 1 aliphatic rings. The predicted octanol–water partition coefficient (Wildman–Crippen LogP) is 5.23. The van der Waals surface area contributed by atoms with Crippen LogP contribution < -0.4 is 0 Å². The summed E-state index contributed by atoms with van der Waals surface area (Å²) in [5.74, 6) is 1.59. The highest BCUT2D eigenvalue weighted by molar-refractivity contribution is 9.09. The summed E-state index contributed by atoms with van der Waals surface area (Å²) in [6, 6.07) is 2.32. The normalized spacial score (nSPS) is 27.0. The standard InChI is InChI=1S/C18H31BrN2/c1-6-15-12-16(21(7-2)20-15)11-13-10-14(18(3,4)5)8-9-17(13)19/h12-14,17H,6-11H2,1-5H3. The molecule has 3 unspecified atom stereocenters. The summed E-state index contributed by atoms with van der Waals surface area (Å²) in [7, 11) is 0. The number of aryl methyl sites for hydroxylation is 2. The van der Waals surface area contributed by atoms with E-state index in [9.17, 15) is 0 Å². The SMILES string of the molecule is CCc1cc(CC2CC(C(C)(C)C)CCC2Br)n(CC)n1. The highest BCUT2D eigenvalue weighted by atomic mass is 79.9. The van der Waals surface area contributed by atoms with Gasteiger partial charge in [-0.2, -0.15) is 5.10 Å². The van der Waals surface area contributed by atoms with Gasteiger partial charge in [0, 0.05) is 17.1 Å². The zero-order valence-electron chi connectivity index (χ0n) is 14.3. The Kier molecular flexibility index (Phi) is 5.56. The minimum atomic E-state index is 0.435. The fraction of sp³-hybridized carbons (Fsp3) is 0.833. The van der Waals surface area contributed by atoms with Gasteiger partial charge < -0.3 is 0 Å². The quantitative estimate of drug-likeness (QED) is 0.676. The van der Waals surface area contributed by atoms with Crippen LogP contribution in [0.15, 0.2) is 6.07 Å². The predicted molar refractivity (Wildman–Crippen MR) is 94.0 cm³/mol. The van der Waals surface area contributed by atoms with Crippen LogP contribution in [0.2, 0.25) is 0 Å². The number of aromatic nitrogens is 2. The topological polar surface area (TPSA) is 17.8 Å². The molecule has 0 saturated heterocycles. The van der Waals surface area contributed by atoms with E-state index in [0.29, 0.717) is 10.2 Å². The van der Waals surface area contributed by atoms with Crippen LogP contribution >= 0.6 is 15.9 Å². The Labute approximate surface area is 138 Å². The molecule has 3 atom stereocenters. The molecule has 0 spiro atoms. The lowest BCUT2D eigenvalue weighted by molar-refractivity contribution is 0.145. The number of alkyl halides is 1. The second kappa shape index (κ2) is 6.85. The number of hydrogen-bond acceptors (Lipinski definition) is 1. The third-order valence-electron chi connectivity index (χ3n) is 5.16. The third-order valence-corrected chi connectivity index (χ3v) is 6.37. The summed E-state index contributed by atoms with van der Waals surface area (Å²) in [5, 5.41) is 4.71. The van der Waals surface area contributed by atoms with E-state index in [1.54, 1.807) is 0 Å². The van der Waals surface area contributed by atoms with Crippen LogP contribution in [-0.2, 0) is 19.4 Å². The van der Waals surface area contributed by atoms with Crippen molar-refractivity contribution in [2.75, 3.05) is 0 Å². The Hall–Kier alpha value is -0.310. The van der Waals surface area contributed by atoms with Crippen LogP contribution in [0.5, 0.6) is 0 Å². The van der Waals surface area contributed by atoms with Gasteiger partial charge >= 0.3 is 0 Å². The Bertz CT molecular complexity index is 458. The van der Waals surface area contributed by atoms with Crippen molar-refractivity contribution in [2.24, 2.45) is 17.3 Å². The molecule has 0 N–H and O–H groups in total. The maximum absolute atomic E-state index is 4.71. The van der Waals surface area contributed by atoms with Gasteiger partial charge in [0.05, 0.1) is 5.69 Å². The zero-order chi connectivity index (χ0) is 15.6. The average molecular weight is 355 g/mol. The number of halogens is 1. The summed E-state index contributed by atoms with van der Waals surface area (Å²) in [6.07, 6.45) is 6.22. The monoisotopic (exact) mass is 354 g/mol. The van der Waals surface area contributed by atoms with Gasteiger partial charge in [0.15, 0.2) is 0 Å². The van der Waals surface area contributed by atoms with E-state index in [-0.39, 0.29) is 0 Å². The number of hydrogen-bond donors (Lipinski definition) is 0. The smallest absolute Gasteiger partial charge is 0.0624 e. The molecule has 1 saturated carbocycles. The second-order valence-corrected chi connectivity index (χ2v) is 8.83. The number of nitrogens with zero attached hydrogens (tertiary/aromatic N) is 2. The maximum atomic E-state index is 4.71. The van der Waals surface area contributed by atoms with Crippen LogP contribution in [0.4, 0.5) is 0 Å². The molecule has 1 heterocycles. The minimum absolute atomic E-state index is 0.435. The van der Waals surface area contributed by atoms with Crippen LogP contribution in [0.1, 0.15) is 65.3 Å². The Morgan fingerprint density at radius 3 is 2.57 bits per heavy atom. The van der Waals surface area contributed by atoms with Crippen LogP contribution in [0.25, 0.3) is 0 Å². The highest BCUT2D eigenvalue weighted by Gasteiger charge is 2.35. The van der Waals surface area contributed by atoms with Gasteiger partial charge in [0.2, 0.25) is 0 Å². The molecule has 0 bridgehead atoms. The summed E-state index contributed by atoms with van der Waals surface area (Å²) < 4.78 is 2.21. The first-order chi connectivity index (χ1) is 9.85. The van der Waals surface area contributed by atoms with Crippen LogP contribution in [0.3, 0.4) is 0 Å². The van der Waals surface area contributed by atoms with Crippen molar-refractivity contribution in [1.82, 2.24) is 9.78 Å². The molecule has 1 aliphatic carbocycles. The Morgan fingerprint density at radius 1 is 1.29 bits per heavy atom. The van der Waals surface area contributed by atoms with Crippen molar-refractivity contribution < 1.29 is 0 Å². The molecule has 0 radical (unpaired) electrons. The molecule has 3 heteroatoms. The van der Waals surface area contributed by atoms with Crippen LogP contribution in [0, 0.1) is 17.3 Å². The fourth-order valence-corrected chi connectivity index (χ4v) is 4.29. The average Bonchev–Trinajstić information content (AvgIpc) is 2.82. The first kappa shape index (κ1) is 17.1. The van der Waals surface area contributed by atoms with Gasteiger partial charge in [-0.1, -0.05) is 43.6 Å². The van der Waals surface area contributed by atoms with Crippen molar-refractivity contribution in [3.05, 3.63) is 17.5 Å². The molecule has 120 valence electrons. The third kappa shape index (κ3) is 4.12. The summed E-state index contributed by atoms with van der Waals surface area (Å²) >= 11 is 3.95. The molecule has 0 aliphatic heterocycles. The van der Waals surface area contributed by atoms with E-state index in [1.807, 2.05) is 0 Å². The van der Waals surface area contributed by atoms with E-state index in [1.165, 1.54) is 37.1 Å². The van der Waals surface area contributed by atoms with E-state index >= 15 is 0 Å². The molecule has 1 aromatic rings. The lowest BCUT2D eigenvalue weighted by Crippen LogP contribution is -2.33. The Balaban J connectivity index is 2.11. The van der Waals surface area contributed by atoms with Crippen molar-refractivity contribution in [1.29, 1.82) is 0 Å². The van der Waals surface area contributed by atoms with Gasteiger partial charge in [0.1, 0.15) is 0 Å². The van der Waals surface area contributed by atoms with E-state index in [0.717, 1.165) is 24.8 Å². The van der Waals surface area contributed by atoms with Gasteiger partial charge in [-0.25, -0.2) is 0 Å². The van der Waals surface area contributed by atoms with E-state index in [2.05, 4.69) is 61.3 Å². The minimum Gasteiger partial charge on any atom is -0.270 e. The van der Waals surface area contributed by atoms with Gasteiger partial charge in [-0.05, 0) is 62.3 Å². The summed E-state index contributed by atoms with van der Waals surface area (Å²) in [4.78, 5) is 0.668. The molecule has 2 nitrogen and oxygen atoms in total. The molecule has 0 aromatic carbocycles. The number of rotatable bonds is 4. The van der Waals surface area contributed by atoms with Crippen molar-refractivity contribution in [2.45, 2.75) is 78.1 Å². The highest BCUT2D eigenvalue weighted by Crippen LogP contribution is 2.43. The molecule has 1 aromatic heterocycles. The van der Waals surface area contributed by atoms with Crippen molar-refractivity contribution in [3.63, 3.8) is 0 Å². The van der Waals surface area contributed by atoms with Gasteiger partial charge in [-0.3, -0.25) is 4.68 Å². The van der Waals surface area contributed by atoms with Crippen LogP contribution in [-0.4, -0.2) is 14.6 Å². The molecule has 1 fully saturated rings. The van der Waals surface area contributed by atoms with E-state index in [4.69, 9.17) is 5.10 Å². The first-order valence-corrected chi connectivity index (χ1v) is 9.46. The van der Waals surface area contributed by atoms with Crippen molar-refractivity contribution in [3.8, 4) is 0 Å². The molecular formula is C18H31BrN2. The molecule has 21 heavy (non-hydrogen) atoms. The zero-order valence-corrected chi connectivity index (χ0v) is 15.9. The summed E-state index contributed by atoms with van der Waals surface area (Å²) in [5.41, 5.74) is 3.10. The second-order valence-electron chi connectivity index (χ2n) is 7.65. The lowest BCUT2D eigenvalue weighted by atomic mass is 9.68. The lowest BCUT2D eigenvalue weighted by Gasteiger charge is -2.40. The summed E-state index contributed by atoms with van der Waals surface area (Å²) in [6.45, 7) is 12.6.